The molecule has 0 aromatic rings. The summed E-state index contributed by atoms with van der Waals surface area (Å²) in [7, 11) is 0. The van der Waals surface area contributed by atoms with Crippen LogP contribution >= 0.6 is 0 Å². The van der Waals surface area contributed by atoms with E-state index in [2.05, 4.69) is 30.9 Å². The minimum Gasteiger partial charge on any atom is -0.297 e. The van der Waals surface area contributed by atoms with Gasteiger partial charge in [-0.3, -0.25) is 4.90 Å². The Hall–Kier alpha value is -0.810. The van der Waals surface area contributed by atoms with Gasteiger partial charge >= 0.3 is 0 Å². The summed E-state index contributed by atoms with van der Waals surface area (Å²) in [6.45, 7) is 6.45. The Morgan fingerprint density at radius 2 is 2.50 bits per heavy atom. The highest BCUT2D eigenvalue weighted by Gasteiger charge is 2.15. The molecule has 0 saturated heterocycles. The Morgan fingerprint density at radius 1 is 1.75 bits per heavy atom. The molecule has 0 N–H and O–H groups in total. The minimum atomic E-state index is 0.654. The average Bonchev–Trinajstić information content (AvgIpc) is 2.17. The van der Waals surface area contributed by atoms with E-state index in [1.165, 1.54) is 6.42 Å². The quantitative estimate of drug-likeness (QED) is 0.623. The maximum absolute atomic E-state index is 8.64. The Balaban J connectivity index is 2.47. The zero-order chi connectivity index (χ0) is 8.97. The fourth-order valence-corrected chi connectivity index (χ4v) is 1.44. The van der Waals surface area contributed by atoms with Crippen molar-refractivity contribution in [2.75, 3.05) is 13.1 Å². The van der Waals surface area contributed by atoms with Gasteiger partial charge in [0.05, 0.1) is 6.07 Å². The van der Waals surface area contributed by atoms with Crippen LogP contribution in [0.2, 0.25) is 0 Å². The van der Waals surface area contributed by atoms with E-state index in [1.54, 1.807) is 0 Å². The summed E-state index contributed by atoms with van der Waals surface area (Å²) in [6.07, 6.45) is 4.17. The molecule has 0 aromatic heterocycles. The molecule has 66 valence electrons. The molecule has 0 radical (unpaired) electrons. The zero-order valence-corrected chi connectivity index (χ0v) is 7.88. The number of nitrogens with zero attached hydrogens (tertiary/aromatic N) is 2. The van der Waals surface area contributed by atoms with Gasteiger partial charge in [0.2, 0.25) is 0 Å². The molecule has 1 rings (SSSR count). The molecule has 1 aliphatic heterocycles. The second kappa shape index (κ2) is 4.27. The van der Waals surface area contributed by atoms with E-state index in [0.29, 0.717) is 6.04 Å². The van der Waals surface area contributed by atoms with Crippen molar-refractivity contribution in [1.29, 1.82) is 5.26 Å². The summed E-state index contributed by atoms with van der Waals surface area (Å²) < 4.78 is 0. The highest BCUT2D eigenvalue weighted by atomic mass is 15.1. The fourth-order valence-electron chi connectivity index (χ4n) is 1.44. The number of hydrogen-bond acceptors (Lipinski definition) is 2. The molecule has 2 nitrogen and oxygen atoms in total. The van der Waals surface area contributed by atoms with E-state index in [4.69, 9.17) is 5.26 Å². The van der Waals surface area contributed by atoms with E-state index in [-0.39, 0.29) is 0 Å². The van der Waals surface area contributed by atoms with E-state index in [1.807, 2.05) is 0 Å². The summed E-state index contributed by atoms with van der Waals surface area (Å²) in [5, 5.41) is 8.64. The summed E-state index contributed by atoms with van der Waals surface area (Å²) in [5.41, 5.74) is 0.953. The third kappa shape index (κ3) is 2.09. The van der Waals surface area contributed by atoms with Gasteiger partial charge < -0.3 is 0 Å². The molecular weight excluding hydrogens is 148 g/mol. The van der Waals surface area contributed by atoms with E-state index in [0.717, 1.165) is 25.1 Å². The van der Waals surface area contributed by atoms with Gasteiger partial charge in [0, 0.05) is 24.7 Å². The highest BCUT2D eigenvalue weighted by Crippen LogP contribution is 2.13. The highest BCUT2D eigenvalue weighted by molar-refractivity contribution is 5.23. The zero-order valence-electron chi connectivity index (χ0n) is 7.88. The van der Waals surface area contributed by atoms with Crippen LogP contribution in [0.4, 0.5) is 0 Å². The summed E-state index contributed by atoms with van der Waals surface area (Å²) in [5.74, 6) is 0. The largest absolute Gasteiger partial charge is 0.297 e. The third-order valence-electron chi connectivity index (χ3n) is 2.60. The first-order valence-electron chi connectivity index (χ1n) is 4.61. The second-order valence-corrected chi connectivity index (χ2v) is 3.34. The molecule has 1 aliphatic rings. The second-order valence-electron chi connectivity index (χ2n) is 3.34. The molecule has 2 heteroatoms. The lowest BCUT2D eigenvalue weighted by atomic mass is 10.1. The SMILES string of the molecule is CCC(C)N1CC=C(C#N)CC1. The predicted octanol–water partition coefficient (Wildman–Crippen LogP) is 1.94. The van der Waals surface area contributed by atoms with Crippen LogP contribution in [-0.4, -0.2) is 24.0 Å². The van der Waals surface area contributed by atoms with Crippen LogP contribution in [0.25, 0.3) is 0 Å². The van der Waals surface area contributed by atoms with Gasteiger partial charge in [0.25, 0.3) is 0 Å². The van der Waals surface area contributed by atoms with Crippen molar-refractivity contribution < 1.29 is 0 Å². The molecular formula is C10H16N2. The smallest absolute Gasteiger partial charge is 0.0944 e. The van der Waals surface area contributed by atoms with Crippen LogP contribution in [0.1, 0.15) is 26.7 Å². The molecule has 0 spiro atoms. The van der Waals surface area contributed by atoms with Gasteiger partial charge in [-0.2, -0.15) is 5.26 Å². The van der Waals surface area contributed by atoms with Crippen molar-refractivity contribution in [2.45, 2.75) is 32.7 Å². The van der Waals surface area contributed by atoms with Crippen molar-refractivity contribution in [2.24, 2.45) is 0 Å². The summed E-state index contributed by atoms with van der Waals surface area (Å²) >= 11 is 0. The van der Waals surface area contributed by atoms with Crippen molar-refractivity contribution in [3.63, 3.8) is 0 Å². The van der Waals surface area contributed by atoms with Crippen LogP contribution in [-0.2, 0) is 0 Å². The average molecular weight is 164 g/mol. The van der Waals surface area contributed by atoms with E-state index in [9.17, 15) is 0 Å². The Labute approximate surface area is 74.5 Å². The Kier molecular flexibility index (Phi) is 3.31. The fraction of sp³-hybridized carbons (Fsp3) is 0.700. The number of rotatable bonds is 2. The molecule has 0 saturated carbocycles. The molecule has 1 heterocycles. The number of nitriles is 1. The van der Waals surface area contributed by atoms with Gasteiger partial charge in [-0.05, 0) is 19.8 Å². The molecule has 12 heavy (non-hydrogen) atoms. The van der Waals surface area contributed by atoms with E-state index < -0.39 is 0 Å². The van der Waals surface area contributed by atoms with Crippen LogP contribution < -0.4 is 0 Å². The van der Waals surface area contributed by atoms with Gasteiger partial charge in [-0.15, -0.1) is 0 Å². The minimum absolute atomic E-state index is 0.654. The maximum Gasteiger partial charge on any atom is 0.0944 e. The lowest BCUT2D eigenvalue weighted by Gasteiger charge is -2.29. The monoisotopic (exact) mass is 164 g/mol. The van der Waals surface area contributed by atoms with Crippen LogP contribution in [0.5, 0.6) is 0 Å². The summed E-state index contributed by atoms with van der Waals surface area (Å²) in [6, 6.07) is 2.87. The molecule has 0 bridgehead atoms. The lowest BCUT2D eigenvalue weighted by molar-refractivity contribution is 0.221. The molecule has 0 amide bonds. The van der Waals surface area contributed by atoms with Gasteiger partial charge in [-0.1, -0.05) is 13.0 Å². The van der Waals surface area contributed by atoms with Gasteiger partial charge in [0.15, 0.2) is 0 Å². The van der Waals surface area contributed by atoms with Crippen molar-refractivity contribution in [3.8, 4) is 6.07 Å². The standard InChI is InChI=1S/C10H16N2/c1-3-9(2)12-6-4-10(8-11)5-7-12/h4,9H,3,5-7H2,1-2H3. The molecule has 1 atom stereocenters. The molecule has 0 aliphatic carbocycles. The lowest BCUT2D eigenvalue weighted by Crippen LogP contribution is -2.36. The number of hydrogen-bond donors (Lipinski definition) is 0. The van der Waals surface area contributed by atoms with Crippen molar-refractivity contribution >= 4 is 0 Å². The predicted molar refractivity (Wildman–Crippen MR) is 49.6 cm³/mol. The molecule has 1 unspecified atom stereocenters. The first-order chi connectivity index (χ1) is 5.77. The summed E-state index contributed by atoms with van der Waals surface area (Å²) in [4.78, 5) is 2.42. The maximum atomic E-state index is 8.64. The van der Waals surface area contributed by atoms with Crippen molar-refractivity contribution in [1.82, 2.24) is 4.90 Å². The van der Waals surface area contributed by atoms with Crippen molar-refractivity contribution in [3.05, 3.63) is 11.6 Å². The van der Waals surface area contributed by atoms with Gasteiger partial charge in [-0.25, -0.2) is 0 Å². The first-order valence-corrected chi connectivity index (χ1v) is 4.61. The van der Waals surface area contributed by atoms with E-state index >= 15 is 0 Å². The molecule has 0 fully saturated rings. The van der Waals surface area contributed by atoms with Crippen LogP contribution in [0, 0.1) is 11.3 Å². The normalized spacial score (nSPS) is 21.2. The van der Waals surface area contributed by atoms with Gasteiger partial charge in [0.1, 0.15) is 0 Å². The van der Waals surface area contributed by atoms with Crippen LogP contribution in [0.3, 0.4) is 0 Å². The Morgan fingerprint density at radius 3 is 2.92 bits per heavy atom. The van der Waals surface area contributed by atoms with Crippen LogP contribution in [0.15, 0.2) is 11.6 Å². The topological polar surface area (TPSA) is 27.0 Å². The third-order valence-corrected chi connectivity index (χ3v) is 2.60. The first kappa shape index (κ1) is 9.28. The Bertz CT molecular complexity index is 212. The molecule has 0 aromatic carbocycles.